The Morgan fingerprint density at radius 1 is 1.04 bits per heavy atom. The third kappa shape index (κ3) is 3.71. The molecular formula is C22H28N4O2. The molecule has 1 aliphatic carbocycles. The molecule has 3 heterocycles. The minimum absolute atomic E-state index is 0.0508. The van der Waals surface area contributed by atoms with Crippen LogP contribution in [0.25, 0.3) is 0 Å². The molecule has 6 heteroatoms. The lowest BCUT2D eigenvalue weighted by Gasteiger charge is -2.34. The second kappa shape index (κ2) is 7.68. The quantitative estimate of drug-likeness (QED) is 0.798. The lowest BCUT2D eigenvalue weighted by molar-refractivity contribution is 0.0697. The van der Waals surface area contributed by atoms with E-state index in [1.165, 1.54) is 18.4 Å². The number of rotatable bonds is 5. The van der Waals surface area contributed by atoms with Gasteiger partial charge in [0.2, 0.25) is 5.89 Å². The number of hydrogen-bond donors (Lipinski definition) is 0. The Kier molecular flexibility index (Phi) is 4.91. The molecule has 2 aliphatic heterocycles. The van der Waals surface area contributed by atoms with Gasteiger partial charge in [-0.3, -0.25) is 14.6 Å². The van der Waals surface area contributed by atoms with E-state index in [1.807, 2.05) is 4.90 Å². The van der Waals surface area contributed by atoms with Crippen LogP contribution >= 0.6 is 0 Å². The van der Waals surface area contributed by atoms with Crippen LogP contribution in [0, 0.1) is 5.92 Å². The maximum atomic E-state index is 12.7. The molecule has 2 bridgehead atoms. The molecule has 0 N–H and O–H groups in total. The van der Waals surface area contributed by atoms with Gasteiger partial charge < -0.3 is 9.32 Å². The number of fused-ring (bicyclic) bond motifs is 2. The number of likely N-dealkylation sites (tertiary alicyclic amines) is 1. The topological polar surface area (TPSA) is 52.8 Å². The second-order valence-electron chi connectivity index (χ2n) is 8.45. The summed E-state index contributed by atoms with van der Waals surface area (Å²) < 4.78 is 5.64. The lowest BCUT2D eigenvalue weighted by Crippen LogP contribution is -2.45. The van der Waals surface area contributed by atoms with Crippen LogP contribution in [0.2, 0.25) is 0 Å². The van der Waals surface area contributed by atoms with E-state index in [-0.39, 0.29) is 5.91 Å². The zero-order valence-electron chi connectivity index (χ0n) is 16.3. The molecule has 2 saturated heterocycles. The molecule has 3 fully saturated rings. The third-order valence-electron chi connectivity index (χ3n) is 6.51. The maximum Gasteiger partial charge on any atom is 0.276 e. The molecule has 0 radical (unpaired) electrons. The van der Waals surface area contributed by atoms with E-state index in [4.69, 9.17) is 4.42 Å². The summed E-state index contributed by atoms with van der Waals surface area (Å²) in [6.45, 7) is 6.65. The van der Waals surface area contributed by atoms with Crippen molar-refractivity contribution in [3.63, 3.8) is 0 Å². The van der Waals surface area contributed by atoms with Gasteiger partial charge in [0.05, 0.1) is 6.54 Å². The molecule has 2 atom stereocenters. The van der Waals surface area contributed by atoms with Gasteiger partial charge in [-0.05, 0) is 30.7 Å². The van der Waals surface area contributed by atoms with Crippen molar-refractivity contribution < 1.29 is 9.21 Å². The molecular weight excluding hydrogens is 352 g/mol. The van der Waals surface area contributed by atoms with Gasteiger partial charge in [-0.25, -0.2) is 4.98 Å². The van der Waals surface area contributed by atoms with Crippen LogP contribution < -0.4 is 0 Å². The van der Waals surface area contributed by atoms with Crippen molar-refractivity contribution in [2.24, 2.45) is 5.92 Å². The van der Waals surface area contributed by atoms with E-state index in [0.29, 0.717) is 30.1 Å². The van der Waals surface area contributed by atoms with Crippen molar-refractivity contribution >= 4 is 5.91 Å². The number of hydrogen-bond acceptors (Lipinski definition) is 5. The fourth-order valence-electron chi connectivity index (χ4n) is 4.94. The van der Waals surface area contributed by atoms with Crippen LogP contribution in [0.3, 0.4) is 0 Å². The van der Waals surface area contributed by atoms with Gasteiger partial charge in [0, 0.05) is 45.3 Å². The van der Waals surface area contributed by atoms with Gasteiger partial charge in [-0.15, -0.1) is 0 Å². The van der Waals surface area contributed by atoms with Crippen LogP contribution in [-0.4, -0.2) is 64.4 Å². The molecule has 3 aliphatic rings. The van der Waals surface area contributed by atoms with Crippen LogP contribution in [0.15, 0.2) is 41.0 Å². The largest absolute Gasteiger partial charge is 0.447 e. The van der Waals surface area contributed by atoms with Crippen molar-refractivity contribution in [1.29, 1.82) is 0 Å². The Morgan fingerprint density at radius 3 is 2.46 bits per heavy atom. The van der Waals surface area contributed by atoms with Crippen molar-refractivity contribution in [3.05, 3.63) is 53.7 Å². The first-order valence-electron chi connectivity index (χ1n) is 10.5. The Morgan fingerprint density at radius 2 is 1.79 bits per heavy atom. The molecule has 1 aromatic carbocycles. The maximum absolute atomic E-state index is 12.7. The third-order valence-corrected chi connectivity index (χ3v) is 6.51. The number of carbonyl (C=O) groups excluding carboxylic acids is 1. The summed E-state index contributed by atoms with van der Waals surface area (Å²) in [7, 11) is 0. The van der Waals surface area contributed by atoms with Crippen molar-refractivity contribution in [1.82, 2.24) is 19.7 Å². The molecule has 6 nitrogen and oxygen atoms in total. The molecule has 1 amide bonds. The highest BCUT2D eigenvalue weighted by atomic mass is 16.3. The summed E-state index contributed by atoms with van der Waals surface area (Å²) in [5.41, 5.74) is 1.84. The van der Waals surface area contributed by atoms with Gasteiger partial charge >= 0.3 is 0 Å². The van der Waals surface area contributed by atoms with E-state index in [9.17, 15) is 4.79 Å². The van der Waals surface area contributed by atoms with E-state index in [1.54, 1.807) is 6.26 Å². The van der Waals surface area contributed by atoms with E-state index >= 15 is 0 Å². The molecule has 5 rings (SSSR count). The lowest BCUT2D eigenvalue weighted by atomic mass is 10.1. The standard InChI is InChI=1S/C22H28N4O2/c27-22(26-14-18-6-7-19(26)12-18)20-16-28-21(23-20)15-25-10-8-24(9-11-25)13-17-4-2-1-3-5-17/h1-5,16,18-19H,6-15H2/t18-,19-/m0/s1. The Labute approximate surface area is 166 Å². The fourth-order valence-corrected chi connectivity index (χ4v) is 4.94. The zero-order valence-corrected chi connectivity index (χ0v) is 16.3. The smallest absolute Gasteiger partial charge is 0.276 e. The minimum Gasteiger partial charge on any atom is -0.447 e. The number of amides is 1. The van der Waals surface area contributed by atoms with Crippen LogP contribution in [0.4, 0.5) is 0 Å². The SMILES string of the molecule is O=C(c1coc(CN2CCN(Cc3ccccc3)CC2)n1)N1C[C@H]2CC[C@H]1C2. The summed E-state index contributed by atoms with van der Waals surface area (Å²) >= 11 is 0. The first-order chi connectivity index (χ1) is 13.7. The van der Waals surface area contributed by atoms with E-state index in [0.717, 1.165) is 45.7 Å². The second-order valence-corrected chi connectivity index (χ2v) is 8.45. The highest BCUT2D eigenvalue weighted by Gasteiger charge is 2.41. The minimum atomic E-state index is 0.0508. The van der Waals surface area contributed by atoms with Crippen LogP contribution in [0.1, 0.15) is 41.2 Å². The predicted octanol–water partition coefficient (Wildman–Crippen LogP) is 2.62. The number of benzene rings is 1. The molecule has 1 saturated carbocycles. The number of piperidine rings is 1. The molecule has 1 aromatic heterocycles. The average Bonchev–Trinajstić information content (AvgIpc) is 3.47. The number of nitrogens with zero attached hydrogens (tertiary/aromatic N) is 4. The Balaban J connectivity index is 1.12. The van der Waals surface area contributed by atoms with Gasteiger partial charge in [-0.2, -0.15) is 0 Å². The summed E-state index contributed by atoms with van der Waals surface area (Å²) in [5, 5.41) is 0. The van der Waals surface area contributed by atoms with Crippen molar-refractivity contribution in [3.8, 4) is 0 Å². The summed E-state index contributed by atoms with van der Waals surface area (Å²) in [6, 6.07) is 11.1. The summed E-state index contributed by atoms with van der Waals surface area (Å²) in [5.74, 6) is 1.41. The average molecular weight is 380 g/mol. The number of piperazine rings is 1. The molecule has 148 valence electrons. The number of oxazole rings is 1. The van der Waals surface area contributed by atoms with Gasteiger partial charge in [0.15, 0.2) is 5.69 Å². The van der Waals surface area contributed by atoms with Crippen molar-refractivity contribution in [2.75, 3.05) is 32.7 Å². The predicted molar refractivity (Wildman–Crippen MR) is 106 cm³/mol. The van der Waals surface area contributed by atoms with Gasteiger partial charge in [0.25, 0.3) is 5.91 Å². The fraction of sp³-hybridized carbons (Fsp3) is 0.545. The van der Waals surface area contributed by atoms with Crippen LogP contribution in [-0.2, 0) is 13.1 Å². The highest BCUT2D eigenvalue weighted by molar-refractivity contribution is 5.92. The first-order valence-corrected chi connectivity index (χ1v) is 10.5. The Bertz CT molecular complexity index is 813. The molecule has 0 unspecified atom stereocenters. The monoisotopic (exact) mass is 380 g/mol. The van der Waals surface area contributed by atoms with Crippen LogP contribution in [0.5, 0.6) is 0 Å². The first kappa shape index (κ1) is 17.9. The number of carbonyl (C=O) groups is 1. The summed E-state index contributed by atoms with van der Waals surface area (Å²) in [6.07, 6.45) is 5.14. The van der Waals surface area contributed by atoms with Gasteiger partial charge in [0.1, 0.15) is 6.26 Å². The molecule has 0 spiro atoms. The normalized spacial score (nSPS) is 25.5. The number of aromatic nitrogens is 1. The van der Waals surface area contributed by atoms with E-state index < -0.39 is 0 Å². The molecule has 28 heavy (non-hydrogen) atoms. The van der Waals surface area contributed by atoms with Crippen molar-refractivity contribution in [2.45, 2.75) is 38.4 Å². The zero-order chi connectivity index (χ0) is 18.9. The highest BCUT2D eigenvalue weighted by Crippen LogP contribution is 2.38. The van der Waals surface area contributed by atoms with E-state index in [2.05, 4.69) is 45.1 Å². The summed E-state index contributed by atoms with van der Waals surface area (Å²) in [4.78, 5) is 24.1. The molecule has 2 aromatic rings. The van der Waals surface area contributed by atoms with Gasteiger partial charge in [-0.1, -0.05) is 30.3 Å². The Hall–Kier alpha value is -2.18.